The first-order chi connectivity index (χ1) is 10.8. The molecule has 0 bridgehead atoms. The summed E-state index contributed by atoms with van der Waals surface area (Å²) in [7, 11) is 0. The number of unbranched alkanes of at least 4 members (excludes halogenated alkanes) is 11. The predicted molar refractivity (Wildman–Crippen MR) is 96.0 cm³/mol. The van der Waals surface area contributed by atoms with E-state index >= 15 is 0 Å². The van der Waals surface area contributed by atoms with Gasteiger partial charge in [0.2, 0.25) is 0 Å². The molecule has 0 rings (SSSR count). The van der Waals surface area contributed by atoms with Crippen LogP contribution in [-0.4, -0.2) is 12.6 Å². The third-order valence-corrected chi connectivity index (χ3v) is 3.82. The fourth-order valence-electron chi connectivity index (χ4n) is 2.40. The topological polar surface area (TPSA) is 26.3 Å². The van der Waals surface area contributed by atoms with Crippen LogP contribution >= 0.6 is 0 Å². The maximum absolute atomic E-state index is 10.8. The molecule has 0 aromatic carbocycles. The average Bonchev–Trinajstić information content (AvgIpc) is 2.54. The Morgan fingerprint density at radius 1 is 0.818 bits per heavy atom. The van der Waals surface area contributed by atoms with Gasteiger partial charge in [-0.3, -0.25) is 0 Å². The Morgan fingerprint density at radius 3 is 1.86 bits per heavy atom. The lowest BCUT2D eigenvalue weighted by atomic mass is 10.1. The monoisotopic (exact) mass is 308 g/mol. The molecule has 0 N–H and O–H groups in total. The summed E-state index contributed by atoms with van der Waals surface area (Å²) in [5.41, 5.74) is 0. The van der Waals surface area contributed by atoms with Crippen molar-refractivity contribution in [3.63, 3.8) is 0 Å². The minimum absolute atomic E-state index is 0.315. The Morgan fingerprint density at radius 2 is 1.32 bits per heavy atom. The summed E-state index contributed by atoms with van der Waals surface area (Å²) in [6, 6.07) is 0. The Balaban J connectivity index is 3.12. The molecule has 0 amide bonds. The molecule has 2 nitrogen and oxygen atoms in total. The number of esters is 1. The molecule has 0 aromatic rings. The van der Waals surface area contributed by atoms with Gasteiger partial charge >= 0.3 is 5.97 Å². The van der Waals surface area contributed by atoms with E-state index < -0.39 is 0 Å². The molecule has 0 radical (unpaired) electrons. The van der Waals surface area contributed by atoms with Crippen LogP contribution in [0.1, 0.15) is 90.4 Å². The van der Waals surface area contributed by atoms with Gasteiger partial charge < -0.3 is 4.74 Å². The van der Waals surface area contributed by atoms with Crippen LogP contribution in [0.25, 0.3) is 0 Å². The summed E-state index contributed by atoms with van der Waals surface area (Å²) < 4.78 is 4.93. The van der Waals surface area contributed by atoms with E-state index in [1.807, 2.05) is 0 Å². The number of carbonyl (C=O) groups excluding carboxylic acids is 1. The van der Waals surface area contributed by atoms with Crippen LogP contribution in [0.5, 0.6) is 0 Å². The number of carbonyl (C=O) groups is 1. The van der Waals surface area contributed by atoms with Crippen molar-refractivity contribution in [3.05, 3.63) is 24.8 Å². The molecule has 0 heterocycles. The summed E-state index contributed by atoms with van der Waals surface area (Å²) in [5, 5.41) is 0. The number of hydrogen-bond acceptors (Lipinski definition) is 2. The van der Waals surface area contributed by atoms with Gasteiger partial charge in [0.1, 0.15) is 0 Å². The van der Waals surface area contributed by atoms with Gasteiger partial charge in [-0.1, -0.05) is 70.6 Å². The molecule has 0 fully saturated rings. The van der Waals surface area contributed by atoms with E-state index in [1.165, 1.54) is 70.3 Å². The third kappa shape index (κ3) is 17.0. The van der Waals surface area contributed by atoms with Crippen LogP contribution < -0.4 is 0 Å². The quantitative estimate of drug-likeness (QED) is 0.143. The molecule has 0 spiro atoms. The number of ether oxygens (including phenoxy) is 1. The molecule has 2 heteroatoms. The maximum atomic E-state index is 10.8. The molecule has 22 heavy (non-hydrogen) atoms. The number of hydrogen-bond donors (Lipinski definition) is 0. The molecule has 0 aromatic heterocycles. The van der Waals surface area contributed by atoms with Crippen molar-refractivity contribution >= 4 is 5.97 Å². The van der Waals surface area contributed by atoms with E-state index in [-0.39, 0.29) is 5.97 Å². The molecular weight excluding hydrogens is 272 g/mol. The zero-order valence-corrected chi connectivity index (χ0v) is 14.7. The minimum atomic E-state index is -0.315. The van der Waals surface area contributed by atoms with Crippen LogP contribution in [0.4, 0.5) is 0 Å². The molecule has 0 saturated carbocycles. The van der Waals surface area contributed by atoms with Gasteiger partial charge in [0, 0.05) is 6.08 Å². The van der Waals surface area contributed by atoms with Crippen LogP contribution in [0.3, 0.4) is 0 Å². The largest absolute Gasteiger partial charge is 0.463 e. The van der Waals surface area contributed by atoms with Gasteiger partial charge in [-0.25, -0.2) is 4.79 Å². The lowest BCUT2D eigenvalue weighted by molar-refractivity contribution is -0.137. The smallest absolute Gasteiger partial charge is 0.330 e. The van der Waals surface area contributed by atoms with Crippen LogP contribution in [0.2, 0.25) is 0 Å². The molecule has 0 aliphatic heterocycles. The van der Waals surface area contributed by atoms with Crippen LogP contribution in [0.15, 0.2) is 24.8 Å². The average molecular weight is 309 g/mol. The van der Waals surface area contributed by atoms with Crippen molar-refractivity contribution in [1.82, 2.24) is 0 Å². The summed E-state index contributed by atoms with van der Waals surface area (Å²) in [6.45, 7) is 6.16. The van der Waals surface area contributed by atoms with E-state index in [4.69, 9.17) is 4.74 Å². The van der Waals surface area contributed by atoms with E-state index in [2.05, 4.69) is 25.7 Å². The molecule has 0 aliphatic rings. The zero-order valence-electron chi connectivity index (χ0n) is 14.7. The SMILES string of the molecule is C=CC(=O)OCCCCC/C=C/CCCCCCCCCC. The van der Waals surface area contributed by atoms with Crippen LogP contribution in [-0.2, 0) is 9.53 Å². The molecule has 0 unspecified atom stereocenters. The van der Waals surface area contributed by atoms with Crippen molar-refractivity contribution in [2.75, 3.05) is 6.61 Å². The first-order valence-electron chi connectivity index (χ1n) is 9.25. The highest BCUT2D eigenvalue weighted by atomic mass is 16.5. The molecule has 128 valence electrons. The highest BCUT2D eigenvalue weighted by molar-refractivity contribution is 5.81. The molecular formula is C20H36O2. The highest BCUT2D eigenvalue weighted by Crippen LogP contribution is 2.10. The summed E-state index contributed by atoms with van der Waals surface area (Å²) in [5.74, 6) is -0.315. The van der Waals surface area contributed by atoms with Gasteiger partial charge in [0.15, 0.2) is 0 Å². The lowest BCUT2D eigenvalue weighted by Crippen LogP contribution is -2.01. The van der Waals surface area contributed by atoms with E-state index in [1.54, 1.807) is 0 Å². The third-order valence-electron chi connectivity index (χ3n) is 3.82. The van der Waals surface area contributed by atoms with Crippen molar-refractivity contribution in [3.8, 4) is 0 Å². The van der Waals surface area contributed by atoms with Gasteiger partial charge in [-0.05, 0) is 38.5 Å². The second-order valence-corrected chi connectivity index (χ2v) is 5.96. The summed E-state index contributed by atoms with van der Waals surface area (Å²) in [6.07, 6.45) is 22.6. The van der Waals surface area contributed by atoms with Gasteiger partial charge in [-0.15, -0.1) is 0 Å². The Hall–Kier alpha value is -1.05. The fraction of sp³-hybridized carbons (Fsp3) is 0.750. The fourth-order valence-corrected chi connectivity index (χ4v) is 2.40. The Kier molecular flexibility index (Phi) is 17.1. The van der Waals surface area contributed by atoms with Crippen molar-refractivity contribution in [2.45, 2.75) is 90.4 Å². The van der Waals surface area contributed by atoms with Gasteiger partial charge in [0.05, 0.1) is 6.61 Å². The highest BCUT2D eigenvalue weighted by Gasteiger charge is 1.94. The second kappa shape index (κ2) is 18.0. The summed E-state index contributed by atoms with van der Waals surface area (Å²) in [4.78, 5) is 10.8. The van der Waals surface area contributed by atoms with Crippen molar-refractivity contribution in [2.24, 2.45) is 0 Å². The normalized spacial score (nSPS) is 11.0. The maximum Gasteiger partial charge on any atom is 0.330 e. The first-order valence-corrected chi connectivity index (χ1v) is 9.25. The number of rotatable bonds is 16. The number of allylic oxidation sites excluding steroid dienone is 2. The second-order valence-electron chi connectivity index (χ2n) is 5.96. The van der Waals surface area contributed by atoms with Gasteiger partial charge in [0.25, 0.3) is 0 Å². The first kappa shape index (κ1) is 20.9. The van der Waals surface area contributed by atoms with Crippen LogP contribution in [0, 0.1) is 0 Å². The lowest BCUT2D eigenvalue weighted by Gasteiger charge is -2.01. The minimum Gasteiger partial charge on any atom is -0.463 e. The Labute approximate surface area is 138 Å². The van der Waals surface area contributed by atoms with E-state index in [0.717, 1.165) is 19.3 Å². The van der Waals surface area contributed by atoms with Crippen molar-refractivity contribution in [1.29, 1.82) is 0 Å². The molecule has 0 atom stereocenters. The zero-order chi connectivity index (χ0) is 16.3. The van der Waals surface area contributed by atoms with Gasteiger partial charge in [-0.2, -0.15) is 0 Å². The predicted octanol–water partition coefficient (Wildman–Crippen LogP) is 6.36. The summed E-state index contributed by atoms with van der Waals surface area (Å²) >= 11 is 0. The van der Waals surface area contributed by atoms with E-state index in [9.17, 15) is 4.79 Å². The standard InChI is InChI=1S/C20H36O2/c1-3-5-6-7-8-9-10-11-12-13-14-15-16-17-18-19-22-20(21)4-2/h4,13-14H,2-3,5-12,15-19H2,1H3/b14-13+. The molecule has 0 saturated heterocycles. The van der Waals surface area contributed by atoms with Crippen molar-refractivity contribution < 1.29 is 9.53 Å². The Bertz CT molecular complexity index is 281. The molecule has 0 aliphatic carbocycles. The van der Waals surface area contributed by atoms with E-state index in [0.29, 0.717) is 6.61 Å².